The number of aromatic hydroxyl groups is 1. The van der Waals surface area contributed by atoms with Crippen molar-refractivity contribution in [3.63, 3.8) is 0 Å². The standard InChI is InChI=1S/C49H54N4O3/c1-8-10-27-53(28-11-9-2)34-23-26-38(40(54)29-34)47-51-44-36-19-15-16-20-37(36)46(55)42-39(50-33-17-13-12-14-18-33)30-41(45(52-47)43(42)44)56-35-24-21-32(22-25-35)49(6,7)31-48(3,4)5/h12-26,29-30,50,54H,8-11,27-28,31H2,1-7H3. The molecule has 1 aromatic heterocycles. The second-order valence-electron chi connectivity index (χ2n) is 16.9. The molecule has 0 bridgehead atoms. The molecule has 0 aliphatic heterocycles. The van der Waals surface area contributed by atoms with Gasteiger partial charge in [0.15, 0.2) is 17.4 Å². The van der Waals surface area contributed by atoms with Crippen molar-refractivity contribution in [1.29, 1.82) is 0 Å². The van der Waals surface area contributed by atoms with Gasteiger partial charge in [0.25, 0.3) is 0 Å². The summed E-state index contributed by atoms with van der Waals surface area (Å²) in [4.78, 5) is 27.1. The number of fused-ring (bicyclic) bond motifs is 2. The molecule has 5 aromatic carbocycles. The molecule has 0 saturated carbocycles. The predicted octanol–water partition coefficient (Wildman–Crippen LogP) is 12.9. The van der Waals surface area contributed by atoms with Crippen LogP contribution < -0.4 is 15.0 Å². The summed E-state index contributed by atoms with van der Waals surface area (Å²) in [5, 5.41) is 15.8. The van der Waals surface area contributed by atoms with Gasteiger partial charge in [0, 0.05) is 53.1 Å². The Morgan fingerprint density at radius 1 is 0.750 bits per heavy atom. The molecule has 1 heterocycles. The molecule has 7 nitrogen and oxygen atoms in total. The zero-order valence-electron chi connectivity index (χ0n) is 33.9. The average Bonchev–Trinajstić information content (AvgIpc) is 3.17. The molecule has 1 aliphatic carbocycles. The Balaban J connectivity index is 1.41. The highest BCUT2D eigenvalue weighted by atomic mass is 16.5. The lowest BCUT2D eigenvalue weighted by Gasteiger charge is -2.33. The second kappa shape index (κ2) is 15.8. The first kappa shape index (κ1) is 38.6. The maximum atomic E-state index is 14.5. The van der Waals surface area contributed by atoms with E-state index in [1.807, 2.05) is 84.9 Å². The lowest BCUT2D eigenvalue weighted by Crippen LogP contribution is -2.25. The van der Waals surface area contributed by atoms with Crippen molar-refractivity contribution >= 4 is 33.7 Å². The number of hydrogen-bond acceptors (Lipinski definition) is 7. The van der Waals surface area contributed by atoms with Gasteiger partial charge in [-0.15, -0.1) is 0 Å². The van der Waals surface area contributed by atoms with E-state index in [9.17, 15) is 9.90 Å². The minimum atomic E-state index is -0.115. The summed E-state index contributed by atoms with van der Waals surface area (Å²) in [5.41, 5.74) is 7.18. The number of hydrogen-bond donors (Lipinski definition) is 2. The largest absolute Gasteiger partial charge is 0.507 e. The number of nitrogens with zero attached hydrogens (tertiary/aromatic N) is 3. The van der Waals surface area contributed by atoms with Crippen molar-refractivity contribution in [2.24, 2.45) is 5.41 Å². The fourth-order valence-electron chi connectivity index (χ4n) is 8.21. The fourth-order valence-corrected chi connectivity index (χ4v) is 8.21. The molecule has 56 heavy (non-hydrogen) atoms. The summed E-state index contributed by atoms with van der Waals surface area (Å²) in [6, 6.07) is 33.3. The molecule has 288 valence electrons. The number of anilines is 3. The molecule has 2 N–H and O–H groups in total. The number of nitrogens with one attached hydrogen (secondary N) is 1. The number of carbonyl (C=O) groups excluding carboxylic acids is 1. The second-order valence-corrected chi connectivity index (χ2v) is 16.9. The van der Waals surface area contributed by atoms with Crippen LogP contribution >= 0.6 is 0 Å². The number of rotatable bonds is 14. The van der Waals surface area contributed by atoms with Gasteiger partial charge < -0.3 is 20.1 Å². The predicted molar refractivity (Wildman–Crippen MR) is 231 cm³/mol. The molecule has 1 aliphatic rings. The zero-order chi connectivity index (χ0) is 39.6. The highest BCUT2D eigenvalue weighted by Gasteiger charge is 2.33. The Morgan fingerprint density at radius 3 is 2.05 bits per heavy atom. The van der Waals surface area contributed by atoms with Gasteiger partial charge in [0.1, 0.15) is 17.0 Å². The lowest BCUT2D eigenvalue weighted by molar-refractivity contribution is 0.104. The van der Waals surface area contributed by atoms with Crippen LogP contribution in [0.5, 0.6) is 17.2 Å². The third-order valence-corrected chi connectivity index (χ3v) is 10.6. The van der Waals surface area contributed by atoms with Crippen LogP contribution in [0.1, 0.15) is 102 Å². The van der Waals surface area contributed by atoms with Crippen LogP contribution in [0.4, 0.5) is 17.1 Å². The Kier molecular flexibility index (Phi) is 10.9. The van der Waals surface area contributed by atoms with Crippen LogP contribution in [-0.4, -0.2) is 33.9 Å². The SMILES string of the molecule is CCCCN(CCCC)c1ccc(-c2nc3c4c(c(Nc5ccccc5)cc(Oc5ccc(C(C)(C)CC(C)(C)C)cc5)c4n2)C(=O)c2ccccc2-3)c(O)c1. The first-order chi connectivity index (χ1) is 26.9. The molecule has 0 amide bonds. The van der Waals surface area contributed by atoms with Gasteiger partial charge in [-0.25, -0.2) is 9.97 Å². The summed E-state index contributed by atoms with van der Waals surface area (Å²) >= 11 is 0. The summed E-state index contributed by atoms with van der Waals surface area (Å²) in [6.45, 7) is 17.6. The smallest absolute Gasteiger partial charge is 0.196 e. The molecule has 0 fully saturated rings. The van der Waals surface area contributed by atoms with Crippen molar-refractivity contribution in [3.05, 3.63) is 120 Å². The molecular formula is C49H54N4O3. The van der Waals surface area contributed by atoms with Gasteiger partial charge in [0.2, 0.25) is 0 Å². The lowest BCUT2D eigenvalue weighted by atomic mass is 9.72. The number of unbranched alkanes of at least 4 members (excludes halogenated alkanes) is 2. The zero-order valence-corrected chi connectivity index (χ0v) is 33.9. The van der Waals surface area contributed by atoms with E-state index in [0.717, 1.165) is 56.6 Å². The number of para-hydroxylation sites is 1. The third-order valence-electron chi connectivity index (χ3n) is 10.6. The van der Waals surface area contributed by atoms with E-state index >= 15 is 0 Å². The topological polar surface area (TPSA) is 87.6 Å². The van der Waals surface area contributed by atoms with Crippen molar-refractivity contribution in [2.45, 2.75) is 86.0 Å². The number of ether oxygens (including phenoxy) is 1. The van der Waals surface area contributed by atoms with Crippen molar-refractivity contribution in [3.8, 4) is 39.9 Å². The summed E-state index contributed by atoms with van der Waals surface area (Å²) < 4.78 is 6.78. The van der Waals surface area contributed by atoms with Crippen molar-refractivity contribution < 1.29 is 14.6 Å². The maximum absolute atomic E-state index is 14.5. The van der Waals surface area contributed by atoms with E-state index in [1.165, 1.54) is 5.56 Å². The van der Waals surface area contributed by atoms with E-state index in [0.29, 0.717) is 61.9 Å². The van der Waals surface area contributed by atoms with E-state index in [1.54, 1.807) is 0 Å². The number of aromatic nitrogens is 2. The molecule has 6 aromatic rings. The Hall–Kier alpha value is -5.69. The molecule has 7 heteroatoms. The maximum Gasteiger partial charge on any atom is 0.196 e. The summed E-state index contributed by atoms with van der Waals surface area (Å²) in [5.74, 6) is 1.47. The van der Waals surface area contributed by atoms with Gasteiger partial charge in [0.05, 0.1) is 22.5 Å². The van der Waals surface area contributed by atoms with Crippen molar-refractivity contribution in [2.75, 3.05) is 23.3 Å². The van der Waals surface area contributed by atoms with Gasteiger partial charge in [-0.1, -0.05) is 116 Å². The average molecular weight is 747 g/mol. The number of phenolic OH excluding ortho intramolecular Hbond substituents is 1. The van der Waals surface area contributed by atoms with Gasteiger partial charge in [-0.2, -0.15) is 0 Å². The van der Waals surface area contributed by atoms with E-state index in [-0.39, 0.29) is 22.4 Å². The molecule has 0 saturated heterocycles. The Morgan fingerprint density at radius 2 is 1.41 bits per heavy atom. The first-order valence-electron chi connectivity index (χ1n) is 20.1. The Labute approximate surface area is 331 Å². The summed E-state index contributed by atoms with van der Waals surface area (Å²) in [6.07, 6.45) is 5.37. The molecule has 0 spiro atoms. The monoisotopic (exact) mass is 746 g/mol. The minimum absolute atomic E-state index is 0.0275. The molecule has 0 unspecified atom stereocenters. The highest BCUT2D eigenvalue weighted by molar-refractivity contribution is 6.28. The van der Waals surface area contributed by atoms with Crippen LogP contribution in [0.25, 0.3) is 33.5 Å². The van der Waals surface area contributed by atoms with Crippen LogP contribution in [0.3, 0.4) is 0 Å². The normalized spacial score (nSPS) is 12.4. The quantitative estimate of drug-likeness (QED) is 0.115. The molecule has 0 radical (unpaired) electrons. The van der Waals surface area contributed by atoms with Gasteiger partial charge in [-0.05, 0) is 72.1 Å². The van der Waals surface area contributed by atoms with E-state index in [4.69, 9.17) is 14.7 Å². The molecule has 0 atom stereocenters. The number of benzene rings is 5. The number of carbonyl (C=O) groups is 1. The number of phenols is 1. The first-order valence-corrected chi connectivity index (χ1v) is 20.1. The molecule has 7 rings (SSSR count). The van der Waals surface area contributed by atoms with Crippen LogP contribution in [0.2, 0.25) is 0 Å². The van der Waals surface area contributed by atoms with Crippen LogP contribution in [-0.2, 0) is 5.41 Å². The van der Waals surface area contributed by atoms with E-state index < -0.39 is 0 Å². The van der Waals surface area contributed by atoms with Gasteiger partial charge in [-0.3, -0.25) is 4.79 Å². The Bertz CT molecular complexity index is 2350. The van der Waals surface area contributed by atoms with Crippen molar-refractivity contribution in [1.82, 2.24) is 9.97 Å². The van der Waals surface area contributed by atoms with E-state index in [2.05, 4.69) is 76.9 Å². The minimum Gasteiger partial charge on any atom is -0.507 e. The highest BCUT2D eigenvalue weighted by Crippen LogP contribution is 2.47. The van der Waals surface area contributed by atoms with Crippen LogP contribution in [0.15, 0.2) is 103 Å². The number of ketones is 1. The third kappa shape index (κ3) is 7.99. The summed E-state index contributed by atoms with van der Waals surface area (Å²) in [7, 11) is 0. The fraction of sp³-hybridized carbons (Fsp3) is 0.327. The van der Waals surface area contributed by atoms with Gasteiger partial charge >= 0.3 is 0 Å². The molecular weight excluding hydrogens is 693 g/mol. The van der Waals surface area contributed by atoms with Crippen LogP contribution in [0, 0.1) is 5.41 Å².